The number of carboxylic acids is 3. The third-order valence-electron chi connectivity index (χ3n) is 5.79. The molecule has 14 nitrogen and oxygen atoms in total. The van der Waals surface area contributed by atoms with E-state index in [-0.39, 0.29) is 43.4 Å². The second-order valence-electron chi connectivity index (χ2n) is 11.6. The zero-order chi connectivity index (χ0) is 44.4. The molecule has 0 aromatic heterocycles. The first-order valence-corrected chi connectivity index (χ1v) is 18.8. The Kier molecular flexibility index (Phi) is 62.5. The van der Waals surface area contributed by atoms with Crippen LogP contribution >= 0.6 is 0 Å². The molecule has 0 saturated carbocycles. The van der Waals surface area contributed by atoms with Gasteiger partial charge in [0, 0.05) is 32.1 Å². The minimum absolute atomic E-state index is 0.0508. The van der Waals surface area contributed by atoms with E-state index in [1.54, 1.807) is 12.2 Å². The van der Waals surface area contributed by atoms with Gasteiger partial charge < -0.3 is 45.6 Å². The number of Topliss-reactive ketones (excluding diaryl/α,β-unsaturated/α-hetero) is 1. The van der Waals surface area contributed by atoms with Crippen molar-refractivity contribution >= 4 is 35.3 Å². The number of carboxylic acid groups (broad SMARTS) is 3. The summed E-state index contributed by atoms with van der Waals surface area (Å²) in [4.78, 5) is 60.6. The normalized spacial score (nSPS) is 11.6. The molecule has 0 radical (unpaired) electrons. The molecule has 8 N–H and O–H groups in total. The average molecular weight is 801 g/mol. The molecule has 324 valence electrons. The standard InChI is InChI=1S/C7H10O4.C7H12O3.C7H8O3.C7H14O2.C7H16O.C7H12O/c1-5(8)2-3-6(9)4-7(10)11;2*1-6(8)4-2-3-5-7(9)10;1-2-3-4-7(9)5-6-8;2*1-2-3-4-5-6-7-8/h2-3,6,9H,4H2,1H3,(H,10,11);2-5H2,1H3,(H,9,10);2-5H,1H3,(H,9,10);3-4,7-9H,2,5-6H2,1H3;8H,2-7H2,1H3;3-6,8H,2,7H2,1H3/b3-2+;;4-2+,5-3+;4-3+;;4-3+,6-5+. The Bertz CT molecular complexity index is 1080. The zero-order valence-electron chi connectivity index (χ0n) is 34.4. The number of carbonyl (C=O) groups excluding carboxylic acids is 3. The van der Waals surface area contributed by atoms with Gasteiger partial charge >= 0.3 is 17.9 Å². The van der Waals surface area contributed by atoms with Gasteiger partial charge in [-0.05, 0) is 71.4 Å². The van der Waals surface area contributed by atoms with Gasteiger partial charge in [0.1, 0.15) is 5.78 Å². The third kappa shape index (κ3) is 92.5. The average Bonchev–Trinajstić information content (AvgIpc) is 3.11. The largest absolute Gasteiger partial charge is 0.481 e. The lowest BCUT2D eigenvalue weighted by molar-refractivity contribution is -0.139. The minimum Gasteiger partial charge on any atom is -0.481 e. The van der Waals surface area contributed by atoms with Crippen LogP contribution in [0.3, 0.4) is 0 Å². The molecule has 0 amide bonds. The lowest BCUT2D eigenvalue weighted by Gasteiger charge is -1.99. The van der Waals surface area contributed by atoms with E-state index >= 15 is 0 Å². The first-order valence-electron chi connectivity index (χ1n) is 18.8. The third-order valence-corrected chi connectivity index (χ3v) is 5.79. The number of hydrogen-bond donors (Lipinski definition) is 8. The molecule has 0 aliphatic rings. The summed E-state index contributed by atoms with van der Waals surface area (Å²) in [5.74, 6) is -3.09. The number of aliphatic carboxylic acids is 3. The number of hydrogen-bond acceptors (Lipinski definition) is 11. The lowest BCUT2D eigenvalue weighted by atomic mass is 10.1. The van der Waals surface area contributed by atoms with Crippen molar-refractivity contribution in [2.45, 2.75) is 137 Å². The predicted molar refractivity (Wildman–Crippen MR) is 220 cm³/mol. The molecule has 56 heavy (non-hydrogen) atoms. The van der Waals surface area contributed by atoms with E-state index in [4.69, 9.17) is 40.9 Å². The number of rotatable bonds is 24. The van der Waals surface area contributed by atoms with E-state index in [1.165, 1.54) is 64.7 Å². The van der Waals surface area contributed by atoms with Crippen molar-refractivity contribution < 1.29 is 69.6 Å². The smallest absolute Gasteiger partial charge is 0.328 e. The second kappa shape index (κ2) is 55.0. The summed E-state index contributed by atoms with van der Waals surface area (Å²) >= 11 is 0. The summed E-state index contributed by atoms with van der Waals surface area (Å²) in [6.07, 6.45) is 26.9. The number of aliphatic hydroxyl groups is 5. The van der Waals surface area contributed by atoms with Crippen LogP contribution in [0.25, 0.3) is 0 Å². The van der Waals surface area contributed by atoms with Crippen molar-refractivity contribution in [2.75, 3.05) is 19.8 Å². The van der Waals surface area contributed by atoms with Crippen molar-refractivity contribution in [2.24, 2.45) is 0 Å². The summed E-state index contributed by atoms with van der Waals surface area (Å²) in [5, 5.41) is 67.2. The van der Waals surface area contributed by atoms with Crippen LogP contribution in [0.2, 0.25) is 0 Å². The van der Waals surface area contributed by atoms with Gasteiger partial charge in [0.15, 0.2) is 11.6 Å². The van der Waals surface area contributed by atoms with Gasteiger partial charge in [0.25, 0.3) is 0 Å². The molecule has 0 heterocycles. The van der Waals surface area contributed by atoms with Crippen LogP contribution in [-0.2, 0) is 28.8 Å². The maximum Gasteiger partial charge on any atom is 0.328 e. The molecular weight excluding hydrogens is 728 g/mol. The Labute approximate surface area is 334 Å². The fourth-order valence-electron chi connectivity index (χ4n) is 3.06. The molecule has 2 atom stereocenters. The Morgan fingerprint density at radius 2 is 1.07 bits per heavy atom. The van der Waals surface area contributed by atoms with Crippen molar-refractivity contribution in [1.29, 1.82) is 0 Å². The number of aliphatic hydroxyl groups excluding tert-OH is 5. The van der Waals surface area contributed by atoms with E-state index in [0.717, 1.165) is 37.5 Å². The van der Waals surface area contributed by atoms with Crippen molar-refractivity contribution in [3.8, 4) is 0 Å². The van der Waals surface area contributed by atoms with Crippen molar-refractivity contribution in [3.63, 3.8) is 0 Å². The molecule has 0 fully saturated rings. The van der Waals surface area contributed by atoms with E-state index in [0.29, 0.717) is 32.3 Å². The number of ketones is 3. The van der Waals surface area contributed by atoms with Gasteiger partial charge in [-0.15, -0.1) is 0 Å². The molecule has 0 aromatic carbocycles. The lowest BCUT2D eigenvalue weighted by Crippen LogP contribution is -2.09. The number of carbonyl (C=O) groups is 6. The molecule has 0 aliphatic carbocycles. The highest BCUT2D eigenvalue weighted by Crippen LogP contribution is 2.01. The van der Waals surface area contributed by atoms with Crippen molar-refractivity contribution in [3.05, 3.63) is 72.9 Å². The second-order valence-corrected chi connectivity index (χ2v) is 11.6. The Hall–Kier alpha value is -4.34. The molecular formula is C42H72O14. The van der Waals surface area contributed by atoms with Crippen LogP contribution in [0, 0.1) is 0 Å². The fraction of sp³-hybridized carbons (Fsp3) is 0.571. The van der Waals surface area contributed by atoms with E-state index in [1.807, 2.05) is 31.2 Å². The molecule has 0 aromatic rings. The monoisotopic (exact) mass is 800 g/mol. The Morgan fingerprint density at radius 3 is 1.50 bits per heavy atom. The van der Waals surface area contributed by atoms with E-state index < -0.39 is 30.1 Å². The van der Waals surface area contributed by atoms with E-state index in [2.05, 4.69) is 13.8 Å². The van der Waals surface area contributed by atoms with Gasteiger partial charge in [-0.3, -0.25) is 19.2 Å². The molecule has 0 rings (SSSR count). The minimum atomic E-state index is -1.09. The van der Waals surface area contributed by atoms with Gasteiger partial charge in [-0.2, -0.15) is 0 Å². The molecule has 0 bridgehead atoms. The highest BCUT2D eigenvalue weighted by atomic mass is 16.4. The van der Waals surface area contributed by atoms with Gasteiger partial charge in [-0.1, -0.05) is 101 Å². The molecule has 14 heteroatoms. The summed E-state index contributed by atoms with van der Waals surface area (Å²) in [7, 11) is 0. The fourth-order valence-corrected chi connectivity index (χ4v) is 3.06. The molecule has 0 spiro atoms. The van der Waals surface area contributed by atoms with Crippen LogP contribution in [-0.4, -0.2) is 108 Å². The molecule has 0 aliphatic heterocycles. The van der Waals surface area contributed by atoms with Crippen LogP contribution < -0.4 is 0 Å². The summed E-state index contributed by atoms with van der Waals surface area (Å²) in [6, 6.07) is 0. The topological polar surface area (TPSA) is 264 Å². The van der Waals surface area contributed by atoms with Crippen LogP contribution in [0.5, 0.6) is 0 Å². The maximum atomic E-state index is 10.3. The number of unbranched alkanes of at least 4 members (excludes halogenated alkanes) is 5. The SMILES string of the molecule is CC(=O)/C=C/C(O)CC(=O)O.CC(=O)/C=C/C=C/C(=O)O.CC(=O)CCCCC(=O)O.CC/C=C/C(O)CCO.CC/C=C/C=C/CO.CCCCCCCO. The Balaban J connectivity index is -0.000000134. The molecule has 2 unspecified atom stereocenters. The van der Waals surface area contributed by atoms with Crippen LogP contribution in [0.15, 0.2) is 72.9 Å². The predicted octanol–water partition coefficient (Wildman–Crippen LogP) is 6.11. The van der Waals surface area contributed by atoms with Gasteiger partial charge in [0.05, 0.1) is 25.2 Å². The maximum absolute atomic E-state index is 10.3. The quantitative estimate of drug-likeness (QED) is 0.0237. The Morgan fingerprint density at radius 1 is 0.536 bits per heavy atom. The van der Waals surface area contributed by atoms with Crippen LogP contribution in [0.4, 0.5) is 0 Å². The molecule has 0 saturated heterocycles. The van der Waals surface area contributed by atoms with Gasteiger partial charge in [0.2, 0.25) is 0 Å². The highest BCUT2D eigenvalue weighted by molar-refractivity contribution is 5.88. The summed E-state index contributed by atoms with van der Waals surface area (Å²) < 4.78 is 0. The zero-order valence-corrected chi connectivity index (χ0v) is 34.4. The first kappa shape index (κ1) is 63.6. The summed E-state index contributed by atoms with van der Waals surface area (Å²) in [6.45, 7) is 11.0. The van der Waals surface area contributed by atoms with Gasteiger partial charge in [-0.25, -0.2) is 4.79 Å². The summed E-state index contributed by atoms with van der Waals surface area (Å²) in [5.41, 5.74) is 0. The highest BCUT2D eigenvalue weighted by Gasteiger charge is 2.04. The van der Waals surface area contributed by atoms with E-state index in [9.17, 15) is 28.8 Å². The van der Waals surface area contributed by atoms with Crippen LogP contribution in [0.1, 0.15) is 125 Å². The van der Waals surface area contributed by atoms with Crippen molar-refractivity contribution in [1.82, 2.24) is 0 Å². The first-order chi connectivity index (χ1) is 26.4. The number of allylic oxidation sites excluding steroid dienone is 8.